The standard InChI is InChI=1S/C12H10BrN3O/c1-8-7-9(5-6-14-8)12(17)16-11-4-2-3-10(13)15-11/h2-7H,1H3,(H,15,16,17). The summed E-state index contributed by atoms with van der Waals surface area (Å²) >= 11 is 3.25. The molecule has 0 bridgehead atoms. The van der Waals surface area contributed by atoms with Crippen LogP contribution in [0.3, 0.4) is 0 Å². The van der Waals surface area contributed by atoms with Gasteiger partial charge in [0.05, 0.1) is 0 Å². The van der Waals surface area contributed by atoms with E-state index in [1.165, 1.54) is 0 Å². The maximum Gasteiger partial charge on any atom is 0.256 e. The Morgan fingerprint density at radius 2 is 2.18 bits per heavy atom. The van der Waals surface area contributed by atoms with Crippen LogP contribution in [0.2, 0.25) is 0 Å². The normalized spacial score (nSPS) is 10.0. The largest absolute Gasteiger partial charge is 0.307 e. The van der Waals surface area contributed by atoms with Gasteiger partial charge in [-0.2, -0.15) is 0 Å². The number of halogens is 1. The van der Waals surface area contributed by atoms with Gasteiger partial charge in [0.15, 0.2) is 0 Å². The zero-order chi connectivity index (χ0) is 12.3. The van der Waals surface area contributed by atoms with E-state index in [4.69, 9.17) is 0 Å². The first-order valence-corrected chi connectivity index (χ1v) is 5.81. The maximum absolute atomic E-state index is 11.9. The average Bonchev–Trinajstić information content (AvgIpc) is 2.29. The van der Waals surface area contributed by atoms with E-state index in [2.05, 4.69) is 31.2 Å². The van der Waals surface area contributed by atoms with Crippen LogP contribution in [0.25, 0.3) is 0 Å². The number of rotatable bonds is 2. The van der Waals surface area contributed by atoms with Gasteiger partial charge in [0.2, 0.25) is 0 Å². The molecule has 0 spiro atoms. The molecule has 5 heteroatoms. The van der Waals surface area contributed by atoms with Crippen molar-refractivity contribution in [3.63, 3.8) is 0 Å². The fourth-order valence-corrected chi connectivity index (χ4v) is 1.70. The molecule has 0 unspecified atom stereocenters. The molecule has 2 aromatic rings. The van der Waals surface area contributed by atoms with Crippen molar-refractivity contribution in [2.45, 2.75) is 6.92 Å². The maximum atomic E-state index is 11.9. The van der Waals surface area contributed by atoms with Gasteiger partial charge in [0.1, 0.15) is 10.4 Å². The molecule has 0 saturated heterocycles. The van der Waals surface area contributed by atoms with Crippen LogP contribution in [0.4, 0.5) is 5.82 Å². The quantitative estimate of drug-likeness (QED) is 0.866. The molecule has 1 amide bonds. The van der Waals surface area contributed by atoms with Crippen LogP contribution >= 0.6 is 15.9 Å². The van der Waals surface area contributed by atoms with E-state index in [0.29, 0.717) is 16.0 Å². The molecule has 0 atom stereocenters. The van der Waals surface area contributed by atoms with E-state index in [1.807, 2.05) is 13.0 Å². The number of anilines is 1. The molecule has 4 nitrogen and oxygen atoms in total. The van der Waals surface area contributed by atoms with Crippen LogP contribution < -0.4 is 5.32 Å². The molecule has 86 valence electrons. The second-order valence-corrected chi connectivity index (χ2v) is 4.30. The summed E-state index contributed by atoms with van der Waals surface area (Å²) in [6.07, 6.45) is 1.61. The predicted molar refractivity (Wildman–Crippen MR) is 68.9 cm³/mol. The van der Waals surface area contributed by atoms with Gasteiger partial charge in [-0.05, 0) is 47.1 Å². The third-order valence-electron chi connectivity index (χ3n) is 2.12. The summed E-state index contributed by atoms with van der Waals surface area (Å²) in [6, 6.07) is 8.74. The Morgan fingerprint density at radius 1 is 1.35 bits per heavy atom. The van der Waals surface area contributed by atoms with Crippen molar-refractivity contribution >= 4 is 27.7 Å². The average molecular weight is 292 g/mol. The SMILES string of the molecule is Cc1cc(C(=O)Nc2cccc(Br)n2)ccn1. The van der Waals surface area contributed by atoms with Crippen LogP contribution in [0.1, 0.15) is 16.1 Å². The van der Waals surface area contributed by atoms with Crippen molar-refractivity contribution < 1.29 is 4.79 Å². The second-order valence-electron chi connectivity index (χ2n) is 3.49. The van der Waals surface area contributed by atoms with Gasteiger partial charge in [-0.3, -0.25) is 9.78 Å². The molecule has 0 radical (unpaired) electrons. The summed E-state index contributed by atoms with van der Waals surface area (Å²) in [5, 5.41) is 2.72. The first kappa shape index (κ1) is 11.7. The van der Waals surface area contributed by atoms with Gasteiger partial charge in [-0.1, -0.05) is 6.07 Å². The van der Waals surface area contributed by atoms with Gasteiger partial charge < -0.3 is 5.32 Å². The number of hydrogen-bond donors (Lipinski definition) is 1. The molecule has 0 fully saturated rings. The molecular weight excluding hydrogens is 282 g/mol. The zero-order valence-corrected chi connectivity index (χ0v) is 10.7. The zero-order valence-electron chi connectivity index (χ0n) is 9.14. The van der Waals surface area contributed by atoms with E-state index >= 15 is 0 Å². The molecule has 0 saturated carbocycles. The van der Waals surface area contributed by atoms with E-state index < -0.39 is 0 Å². The Morgan fingerprint density at radius 3 is 2.88 bits per heavy atom. The molecule has 2 heterocycles. The second kappa shape index (κ2) is 5.05. The summed E-state index contributed by atoms with van der Waals surface area (Å²) in [4.78, 5) is 20.1. The van der Waals surface area contributed by atoms with Gasteiger partial charge >= 0.3 is 0 Å². The van der Waals surface area contributed by atoms with E-state index in [-0.39, 0.29) is 5.91 Å². The highest BCUT2D eigenvalue weighted by Gasteiger charge is 2.07. The van der Waals surface area contributed by atoms with Crippen LogP contribution in [0.5, 0.6) is 0 Å². The fourth-order valence-electron chi connectivity index (χ4n) is 1.35. The smallest absolute Gasteiger partial charge is 0.256 e. The van der Waals surface area contributed by atoms with Gasteiger partial charge in [-0.25, -0.2) is 4.98 Å². The Labute approximate surface area is 107 Å². The van der Waals surface area contributed by atoms with Crippen molar-refractivity contribution in [1.29, 1.82) is 0 Å². The lowest BCUT2D eigenvalue weighted by Crippen LogP contribution is -2.13. The highest BCUT2D eigenvalue weighted by atomic mass is 79.9. The first-order chi connectivity index (χ1) is 8.15. The Balaban J connectivity index is 2.17. The van der Waals surface area contributed by atoms with Crippen LogP contribution in [-0.2, 0) is 0 Å². The van der Waals surface area contributed by atoms with Gasteiger partial charge in [0.25, 0.3) is 5.91 Å². The fraction of sp³-hybridized carbons (Fsp3) is 0.0833. The number of hydrogen-bond acceptors (Lipinski definition) is 3. The first-order valence-electron chi connectivity index (χ1n) is 5.02. The highest BCUT2D eigenvalue weighted by Crippen LogP contribution is 2.11. The number of aryl methyl sites for hydroxylation is 1. The van der Waals surface area contributed by atoms with E-state index in [1.54, 1.807) is 30.5 Å². The Bertz CT molecular complexity index is 557. The van der Waals surface area contributed by atoms with Crippen molar-refractivity contribution in [3.8, 4) is 0 Å². The van der Waals surface area contributed by atoms with Crippen molar-refractivity contribution in [1.82, 2.24) is 9.97 Å². The molecular formula is C12H10BrN3O. The van der Waals surface area contributed by atoms with Gasteiger partial charge in [-0.15, -0.1) is 0 Å². The number of carbonyl (C=O) groups excluding carboxylic acids is 1. The molecule has 2 aromatic heterocycles. The predicted octanol–water partition coefficient (Wildman–Crippen LogP) is 2.80. The summed E-state index contributed by atoms with van der Waals surface area (Å²) in [5.41, 5.74) is 1.37. The van der Waals surface area contributed by atoms with E-state index in [0.717, 1.165) is 5.69 Å². The Kier molecular flexibility index (Phi) is 3.49. The molecule has 0 aromatic carbocycles. The number of nitrogens with one attached hydrogen (secondary N) is 1. The minimum absolute atomic E-state index is 0.193. The van der Waals surface area contributed by atoms with E-state index in [9.17, 15) is 4.79 Å². The third kappa shape index (κ3) is 3.10. The molecule has 0 aliphatic carbocycles. The number of carbonyl (C=O) groups is 1. The highest BCUT2D eigenvalue weighted by molar-refractivity contribution is 9.10. The number of amides is 1. The minimum Gasteiger partial charge on any atom is -0.307 e. The monoisotopic (exact) mass is 291 g/mol. The van der Waals surface area contributed by atoms with Gasteiger partial charge in [0, 0.05) is 17.5 Å². The molecule has 0 aliphatic heterocycles. The van der Waals surface area contributed by atoms with Crippen LogP contribution in [0, 0.1) is 6.92 Å². The Hall–Kier alpha value is -1.75. The number of nitrogens with zero attached hydrogens (tertiary/aromatic N) is 2. The van der Waals surface area contributed by atoms with Crippen molar-refractivity contribution in [2.24, 2.45) is 0 Å². The van der Waals surface area contributed by atoms with Crippen molar-refractivity contribution in [3.05, 3.63) is 52.4 Å². The summed E-state index contributed by atoms with van der Waals surface area (Å²) in [5.74, 6) is 0.319. The topological polar surface area (TPSA) is 54.9 Å². The van der Waals surface area contributed by atoms with Crippen LogP contribution in [-0.4, -0.2) is 15.9 Å². The molecule has 0 aliphatic rings. The summed E-state index contributed by atoms with van der Waals surface area (Å²) < 4.78 is 0.682. The summed E-state index contributed by atoms with van der Waals surface area (Å²) in [6.45, 7) is 1.84. The molecule has 1 N–H and O–H groups in total. The molecule has 17 heavy (non-hydrogen) atoms. The lowest BCUT2D eigenvalue weighted by molar-refractivity contribution is 0.102. The number of pyridine rings is 2. The summed E-state index contributed by atoms with van der Waals surface area (Å²) in [7, 11) is 0. The number of aromatic nitrogens is 2. The van der Waals surface area contributed by atoms with Crippen molar-refractivity contribution in [2.75, 3.05) is 5.32 Å². The lowest BCUT2D eigenvalue weighted by atomic mass is 10.2. The lowest BCUT2D eigenvalue weighted by Gasteiger charge is -2.04. The van der Waals surface area contributed by atoms with Crippen LogP contribution in [0.15, 0.2) is 41.1 Å². The minimum atomic E-state index is -0.193. The molecule has 2 rings (SSSR count). The third-order valence-corrected chi connectivity index (χ3v) is 2.56.